The average Bonchev–Trinajstić information content (AvgIpc) is 2.57. The highest BCUT2D eigenvalue weighted by atomic mass is 79.9. The molecule has 1 aromatic carbocycles. The Bertz CT molecular complexity index is 436. The number of hydrogen-bond acceptors (Lipinski definition) is 2. The van der Waals surface area contributed by atoms with Gasteiger partial charge in [0.2, 0.25) is 0 Å². The second-order valence-electron chi connectivity index (χ2n) is 3.22. The molecule has 1 aromatic heterocycles. The van der Waals surface area contributed by atoms with E-state index < -0.39 is 0 Å². The fourth-order valence-electron chi connectivity index (χ4n) is 1.48. The van der Waals surface area contributed by atoms with Crippen molar-refractivity contribution in [1.82, 2.24) is 15.5 Å². The van der Waals surface area contributed by atoms with Gasteiger partial charge in [-0.1, -0.05) is 15.9 Å². The van der Waals surface area contributed by atoms with E-state index in [0.717, 1.165) is 23.0 Å². The lowest BCUT2D eigenvalue weighted by Gasteiger charge is -1.97. The topological polar surface area (TPSA) is 40.7 Å². The molecule has 0 unspecified atom stereocenters. The van der Waals surface area contributed by atoms with Crippen LogP contribution in [-0.2, 0) is 6.42 Å². The Hall–Kier alpha value is -0.870. The second kappa shape index (κ2) is 4.11. The molecule has 0 aliphatic carbocycles. The molecule has 0 atom stereocenters. The van der Waals surface area contributed by atoms with Gasteiger partial charge in [0.05, 0.1) is 5.52 Å². The molecule has 2 aromatic rings. The van der Waals surface area contributed by atoms with Crippen molar-refractivity contribution in [3.8, 4) is 0 Å². The van der Waals surface area contributed by atoms with Crippen molar-refractivity contribution in [2.24, 2.45) is 0 Å². The maximum atomic E-state index is 4.24. The van der Waals surface area contributed by atoms with Crippen LogP contribution in [0.5, 0.6) is 0 Å². The minimum atomic E-state index is 0.962. The van der Waals surface area contributed by atoms with Crippen molar-refractivity contribution in [3.63, 3.8) is 0 Å². The van der Waals surface area contributed by atoms with Crippen molar-refractivity contribution in [2.45, 2.75) is 6.42 Å². The van der Waals surface area contributed by atoms with Crippen molar-refractivity contribution < 1.29 is 0 Å². The van der Waals surface area contributed by atoms with E-state index >= 15 is 0 Å². The Morgan fingerprint density at radius 3 is 3.14 bits per heavy atom. The van der Waals surface area contributed by atoms with Crippen molar-refractivity contribution in [3.05, 3.63) is 28.4 Å². The highest BCUT2D eigenvalue weighted by Gasteiger charge is 2.04. The predicted octanol–water partition coefficient (Wildman–Crippen LogP) is 2.09. The van der Waals surface area contributed by atoms with Crippen LogP contribution in [-0.4, -0.2) is 23.8 Å². The summed E-state index contributed by atoms with van der Waals surface area (Å²) in [4.78, 5) is 0. The molecule has 2 N–H and O–H groups in total. The number of H-pyrrole nitrogens is 1. The van der Waals surface area contributed by atoms with E-state index in [4.69, 9.17) is 0 Å². The zero-order valence-corrected chi connectivity index (χ0v) is 9.56. The molecule has 14 heavy (non-hydrogen) atoms. The number of halogens is 1. The first-order valence-corrected chi connectivity index (χ1v) is 5.37. The quantitative estimate of drug-likeness (QED) is 0.880. The molecule has 3 nitrogen and oxygen atoms in total. The van der Waals surface area contributed by atoms with E-state index in [0.29, 0.717) is 0 Å². The van der Waals surface area contributed by atoms with Crippen LogP contribution in [0.2, 0.25) is 0 Å². The summed E-state index contributed by atoms with van der Waals surface area (Å²) < 4.78 is 1.09. The fourth-order valence-corrected chi connectivity index (χ4v) is 1.84. The molecule has 0 bridgehead atoms. The first kappa shape index (κ1) is 9.68. The summed E-state index contributed by atoms with van der Waals surface area (Å²) >= 11 is 3.46. The summed E-state index contributed by atoms with van der Waals surface area (Å²) in [7, 11) is 1.95. The summed E-state index contributed by atoms with van der Waals surface area (Å²) in [5.41, 5.74) is 2.22. The zero-order valence-electron chi connectivity index (χ0n) is 7.97. The molecule has 0 aliphatic heterocycles. The van der Waals surface area contributed by atoms with Crippen molar-refractivity contribution in [1.29, 1.82) is 0 Å². The standard InChI is InChI=1S/C10H12BrN3/c1-12-5-4-10-8-6-7(11)2-3-9(8)13-14-10/h2-3,6,12H,4-5H2,1H3,(H,13,14). The molecule has 0 spiro atoms. The van der Waals surface area contributed by atoms with Gasteiger partial charge < -0.3 is 5.32 Å². The number of likely N-dealkylation sites (N-methyl/N-ethyl adjacent to an activating group) is 1. The second-order valence-corrected chi connectivity index (χ2v) is 4.13. The maximum Gasteiger partial charge on any atom is 0.0924 e. The van der Waals surface area contributed by atoms with E-state index in [1.54, 1.807) is 0 Å². The normalized spacial score (nSPS) is 11.0. The van der Waals surface area contributed by atoms with Crippen LogP contribution in [0.15, 0.2) is 22.7 Å². The first-order valence-electron chi connectivity index (χ1n) is 4.58. The zero-order chi connectivity index (χ0) is 9.97. The smallest absolute Gasteiger partial charge is 0.0924 e. The fraction of sp³-hybridized carbons (Fsp3) is 0.300. The van der Waals surface area contributed by atoms with Gasteiger partial charge >= 0.3 is 0 Å². The average molecular weight is 254 g/mol. The number of aromatic nitrogens is 2. The summed E-state index contributed by atoms with van der Waals surface area (Å²) in [6.45, 7) is 0.962. The van der Waals surface area contributed by atoms with Crippen LogP contribution < -0.4 is 5.32 Å². The molecule has 0 aliphatic rings. The van der Waals surface area contributed by atoms with Gasteiger partial charge in [-0.05, 0) is 25.2 Å². The number of benzene rings is 1. The molecule has 1 heterocycles. The summed E-state index contributed by atoms with van der Waals surface area (Å²) in [6.07, 6.45) is 0.976. The molecule has 0 saturated heterocycles. The lowest BCUT2D eigenvalue weighted by Crippen LogP contribution is -2.10. The van der Waals surface area contributed by atoms with Gasteiger partial charge in [0.15, 0.2) is 0 Å². The SMILES string of the molecule is CNCCc1[nH]nc2ccc(Br)cc12. The van der Waals surface area contributed by atoms with E-state index in [-0.39, 0.29) is 0 Å². The molecule has 0 fully saturated rings. The van der Waals surface area contributed by atoms with Gasteiger partial charge in [0.25, 0.3) is 0 Å². The highest BCUT2D eigenvalue weighted by molar-refractivity contribution is 9.10. The lowest BCUT2D eigenvalue weighted by atomic mass is 10.2. The third-order valence-electron chi connectivity index (χ3n) is 2.22. The molecule has 2 rings (SSSR count). The lowest BCUT2D eigenvalue weighted by molar-refractivity contribution is 0.775. The Balaban J connectivity index is 2.40. The molecule has 74 valence electrons. The van der Waals surface area contributed by atoms with E-state index in [1.807, 2.05) is 19.2 Å². The molecule has 0 saturated carbocycles. The van der Waals surface area contributed by atoms with Gasteiger partial charge in [0.1, 0.15) is 0 Å². The van der Waals surface area contributed by atoms with Crippen LogP contribution in [0.25, 0.3) is 10.9 Å². The third kappa shape index (κ3) is 1.81. The Kier molecular flexibility index (Phi) is 2.84. The Morgan fingerprint density at radius 1 is 1.50 bits per heavy atom. The van der Waals surface area contributed by atoms with E-state index in [9.17, 15) is 0 Å². The summed E-state index contributed by atoms with van der Waals surface area (Å²) in [5, 5.41) is 11.6. The maximum absolute atomic E-state index is 4.24. The minimum Gasteiger partial charge on any atom is -0.319 e. The van der Waals surface area contributed by atoms with Crippen LogP contribution in [0.1, 0.15) is 5.69 Å². The number of fused-ring (bicyclic) bond motifs is 1. The number of hydrogen-bond donors (Lipinski definition) is 2. The van der Waals surface area contributed by atoms with Crippen molar-refractivity contribution in [2.75, 3.05) is 13.6 Å². The van der Waals surface area contributed by atoms with Gasteiger partial charge in [0, 0.05) is 28.5 Å². The number of nitrogens with one attached hydrogen (secondary N) is 2. The largest absolute Gasteiger partial charge is 0.319 e. The van der Waals surface area contributed by atoms with Crippen LogP contribution in [0.3, 0.4) is 0 Å². The molecule has 0 radical (unpaired) electrons. The summed E-state index contributed by atoms with van der Waals surface area (Å²) in [5.74, 6) is 0. The number of aromatic amines is 1. The molecular formula is C10H12BrN3. The molecule has 0 amide bonds. The highest BCUT2D eigenvalue weighted by Crippen LogP contribution is 2.20. The van der Waals surface area contributed by atoms with Crippen LogP contribution >= 0.6 is 15.9 Å². The predicted molar refractivity (Wildman–Crippen MR) is 61.4 cm³/mol. The van der Waals surface area contributed by atoms with E-state index in [2.05, 4.69) is 37.5 Å². The van der Waals surface area contributed by atoms with Gasteiger partial charge in [-0.3, -0.25) is 5.10 Å². The van der Waals surface area contributed by atoms with Gasteiger partial charge in [-0.2, -0.15) is 5.10 Å². The Labute approximate surface area is 91.0 Å². The Morgan fingerprint density at radius 2 is 2.36 bits per heavy atom. The van der Waals surface area contributed by atoms with Gasteiger partial charge in [-0.15, -0.1) is 0 Å². The number of nitrogens with zero attached hydrogens (tertiary/aromatic N) is 1. The summed E-state index contributed by atoms with van der Waals surface area (Å²) in [6, 6.07) is 6.12. The van der Waals surface area contributed by atoms with Crippen LogP contribution in [0.4, 0.5) is 0 Å². The third-order valence-corrected chi connectivity index (χ3v) is 2.71. The van der Waals surface area contributed by atoms with Gasteiger partial charge in [-0.25, -0.2) is 0 Å². The van der Waals surface area contributed by atoms with E-state index in [1.165, 1.54) is 11.1 Å². The minimum absolute atomic E-state index is 0.962. The first-order chi connectivity index (χ1) is 6.81. The molecule has 4 heteroatoms. The van der Waals surface area contributed by atoms with Crippen LogP contribution in [0, 0.1) is 0 Å². The van der Waals surface area contributed by atoms with Crippen molar-refractivity contribution >= 4 is 26.8 Å². The number of rotatable bonds is 3. The molecular weight excluding hydrogens is 242 g/mol. The monoisotopic (exact) mass is 253 g/mol.